The summed E-state index contributed by atoms with van der Waals surface area (Å²) in [6.07, 6.45) is -2.44. The fourth-order valence-electron chi connectivity index (χ4n) is 2.78. The van der Waals surface area contributed by atoms with Gasteiger partial charge in [0.15, 0.2) is 0 Å². The van der Waals surface area contributed by atoms with Gasteiger partial charge in [0.05, 0.1) is 10.6 Å². The van der Waals surface area contributed by atoms with Crippen LogP contribution < -0.4 is 21.4 Å². The molecule has 0 unspecified atom stereocenters. The summed E-state index contributed by atoms with van der Waals surface area (Å²) in [6, 6.07) is 8.43. The van der Waals surface area contributed by atoms with Crippen LogP contribution in [0.15, 0.2) is 42.5 Å². The minimum atomic E-state index is -4.65. The average Bonchev–Trinajstić information content (AvgIpc) is 2.75. The Morgan fingerprint density at radius 2 is 1.30 bits per heavy atom. The van der Waals surface area contributed by atoms with E-state index in [1.807, 2.05) is 0 Å². The first kappa shape index (κ1) is 25.9. The van der Waals surface area contributed by atoms with E-state index in [-0.39, 0.29) is 24.4 Å². The number of hydroxylamine groups is 1. The van der Waals surface area contributed by atoms with Gasteiger partial charge in [-0.2, -0.15) is 13.2 Å². The molecule has 0 saturated heterocycles. The molecule has 4 amide bonds. The summed E-state index contributed by atoms with van der Waals surface area (Å²) in [5.41, 5.74) is 1.26. The number of alkyl halides is 3. The van der Waals surface area contributed by atoms with E-state index in [9.17, 15) is 27.6 Å². The lowest BCUT2D eigenvalue weighted by Gasteiger charge is -2.12. The number of carbonyl (C=O) groups is 3. The highest BCUT2D eigenvalue weighted by atomic mass is 35.5. The van der Waals surface area contributed by atoms with Gasteiger partial charge in [-0.3, -0.25) is 14.8 Å². The molecule has 5 N–H and O–H groups in total. The van der Waals surface area contributed by atoms with Gasteiger partial charge in [0.25, 0.3) is 0 Å². The van der Waals surface area contributed by atoms with E-state index in [1.165, 1.54) is 18.2 Å². The first-order valence-electron chi connectivity index (χ1n) is 9.86. The van der Waals surface area contributed by atoms with Gasteiger partial charge in [-0.1, -0.05) is 18.0 Å². The van der Waals surface area contributed by atoms with Crippen LogP contribution in [0.2, 0.25) is 5.02 Å². The zero-order valence-electron chi connectivity index (χ0n) is 17.3. The van der Waals surface area contributed by atoms with Gasteiger partial charge in [0, 0.05) is 29.9 Å². The van der Waals surface area contributed by atoms with Crippen molar-refractivity contribution in [3.63, 3.8) is 0 Å². The van der Waals surface area contributed by atoms with E-state index in [0.29, 0.717) is 30.6 Å². The summed E-state index contributed by atoms with van der Waals surface area (Å²) < 4.78 is 38.8. The Balaban J connectivity index is 1.80. The number of urea groups is 1. The van der Waals surface area contributed by atoms with E-state index >= 15 is 0 Å². The molecule has 33 heavy (non-hydrogen) atoms. The molecule has 0 aliphatic rings. The molecular formula is C21H22ClF3N4O4. The fourth-order valence-corrected chi connectivity index (χ4v) is 3.00. The summed E-state index contributed by atoms with van der Waals surface area (Å²) >= 11 is 5.56. The number of rotatable bonds is 9. The average molecular weight is 487 g/mol. The minimum absolute atomic E-state index is 0.0786. The lowest BCUT2D eigenvalue weighted by molar-refractivity contribution is -0.137. The second-order valence-electron chi connectivity index (χ2n) is 6.99. The lowest BCUT2D eigenvalue weighted by Crippen LogP contribution is -2.20. The predicted octanol–water partition coefficient (Wildman–Crippen LogP) is 5.40. The zero-order chi connectivity index (χ0) is 24.4. The van der Waals surface area contributed by atoms with Gasteiger partial charge >= 0.3 is 12.2 Å². The molecule has 2 aromatic carbocycles. The lowest BCUT2D eigenvalue weighted by atomic mass is 10.1. The monoisotopic (exact) mass is 486 g/mol. The molecule has 8 nitrogen and oxygen atoms in total. The van der Waals surface area contributed by atoms with E-state index in [1.54, 1.807) is 17.6 Å². The molecule has 2 rings (SSSR count). The molecule has 178 valence electrons. The highest BCUT2D eigenvalue weighted by Crippen LogP contribution is 2.36. The van der Waals surface area contributed by atoms with Crippen LogP contribution in [0.3, 0.4) is 0 Å². The van der Waals surface area contributed by atoms with Crippen LogP contribution in [0, 0.1) is 0 Å². The van der Waals surface area contributed by atoms with E-state index in [2.05, 4.69) is 16.0 Å². The standard InChI is InChI=1S/C21H22ClF3N4O4/c22-17-11-10-15(12-16(17)21(23,24)25)28-20(32)27-14-8-6-13(7-9-14)26-18(30)4-2-1-3-5-19(31)29-33/h6-12,33H,1-5H2,(H,26,30)(H,29,31)(H2,27,28,32). The molecule has 0 saturated carbocycles. The summed E-state index contributed by atoms with van der Waals surface area (Å²) in [6.45, 7) is 0. The second kappa shape index (κ2) is 12.1. The molecule has 0 radical (unpaired) electrons. The Kier molecular flexibility index (Phi) is 9.49. The Labute approximate surface area is 192 Å². The predicted molar refractivity (Wildman–Crippen MR) is 117 cm³/mol. The quantitative estimate of drug-likeness (QED) is 0.185. The van der Waals surface area contributed by atoms with Gasteiger partial charge in [0.1, 0.15) is 0 Å². The van der Waals surface area contributed by atoms with Crippen molar-refractivity contribution in [1.82, 2.24) is 5.48 Å². The first-order valence-corrected chi connectivity index (χ1v) is 10.2. The highest BCUT2D eigenvalue weighted by Gasteiger charge is 2.33. The Morgan fingerprint density at radius 3 is 1.88 bits per heavy atom. The number of carbonyl (C=O) groups excluding carboxylic acids is 3. The molecule has 0 aliphatic carbocycles. The second-order valence-corrected chi connectivity index (χ2v) is 7.40. The fraction of sp³-hybridized carbons (Fsp3) is 0.286. The van der Waals surface area contributed by atoms with Gasteiger partial charge in [-0.25, -0.2) is 10.3 Å². The zero-order valence-corrected chi connectivity index (χ0v) is 18.0. The molecule has 0 aromatic heterocycles. The number of anilines is 3. The third kappa shape index (κ3) is 8.99. The largest absolute Gasteiger partial charge is 0.417 e. The van der Waals surface area contributed by atoms with Gasteiger partial charge in [-0.15, -0.1) is 0 Å². The van der Waals surface area contributed by atoms with Crippen molar-refractivity contribution in [2.24, 2.45) is 0 Å². The van der Waals surface area contributed by atoms with Crippen LogP contribution in [0.4, 0.5) is 35.0 Å². The van der Waals surface area contributed by atoms with Crippen LogP contribution in [0.25, 0.3) is 0 Å². The number of benzene rings is 2. The number of amides is 4. The third-order valence-electron chi connectivity index (χ3n) is 4.39. The molecule has 0 bridgehead atoms. The van der Waals surface area contributed by atoms with Gasteiger partial charge in [0.2, 0.25) is 11.8 Å². The van der Waals surface area contributed by atoms with Crippen LogP contribution in [-0.4, -0.2) is 23.1 Å². The summed E-state index contributed by atoms with van der Waals surface area (Å²) in [5, 5.41) is 15.4. The molecule has 0 spiro atoms. The van der Waals surface area contributed by atoms with E-state index in [4.69, 9.17) is 16.8 Å². The highest BCUT2D eigenvalue weighted by molar-refractivity contribution is 6.31. The van der Waals surface area contributed by atoms with E-state index in [0.717, 1.165) is 12.1 Å². The van der Waals surface area contributed by atoms with Crippen LogP contribution in [-0.2, 0) is 15.8 Å². The van der Waals surface area contributed by atoms with Crippen LogP contribution >= 0.6 is 11.6 Å². The topological polar surface area (TPSA) is 120 Å². The summed E-state index contributed by atoms with van der Waals surface area (Å²) in [5.74, 6) is -0.690. The third-order valence-corrected chi connectivity index (χ3v) is 4.72. The van der Waals surface area contributed by atoms with Crippen molar-refractivity contribution in [2.75, 3.05) is 16.0 Å². The Hall–Kier alpha value is -3.31. The molecule has 2 aromatic rings. The minimum Gasteiger partial charge on any atom is -0.326 e. The Bertz CT molecular complexity index is 984. The van der Waals surface area contributed by atoms with Crippen molar-refractivity contribution >= 4 is 46.5 Å². The maximum Gasteiger partial charge on any atom is 0.417 e. The van der Waals surface area contributed by atoms with Crippen molar-refractivity contribution in [2.45, 2.75) is 38.3 Å². The van der Waals surface area contributed by atoms with Crippen molar-refractivity contribution in [3.05, 3.63) is 53.1 Å². The molecule has 0 heterocycles. The number of nitrogens with one attached hydrogen (secondary N) is 4. The first-order chi connectivity index (χ1) is 15.6. The molecule has 12 heteroatoms. The number of unbranched alkanes of at least 4 members (excludes halogenated alkanes) is 2. The van der Waals surface area contributed by atoms with Crippen LogP contribution in [0.1, 0.15) is 37.7 Å². The number of hydrogen-bond donors (Lipinski definition) is 5. The maximum atomic E-state index is 12.9. The normalized spacial score (nSPS) is 10.9. The van der Waals surface area contributed by atoms with Crippen LogP contribution in [0.5, 0.6) is 0 Å². The van der Waals surface area contributed by atoms with Crippen molar-refractivity contribution < 1.29 is 32.8 Å². The number of hydrogen-bond acceptors (Lipinski definition) is 4. The van der Waals surface area contributed by atoms with Crippen molar-refractivity contribution in [3.8, 4) is 0 Å². The van der Waals surface area contributed by atoms with Crippen molar-refractivity contribution in [1.29, 1.82) is 0 Å². The molecule has 0 atom stereocenters. The molecular weight excluding hydrogens is 465 g/mol. The molecule has 0 fully saturated rings. The summed E-state index contributed by atoms with van der Waals surface area (Å²) in [7, 11) is 0. The van der Waals surface area contributed by atoms with Gasteiger partial charge in [-0.05, 0) is 55.3 Å². The smallest absolute Gasteiger partial charge is 0.326 e. The Morgan fingerprint density at radius 1 is 0.788 bits per heavy atom. The SMILES string of the molecule is O=C(CCCCCC(=O)Nc1ccc(NC(=O)Nc2ccc(Cl)c(C(F)(F)F)c2)cc1)NO. The van der Waals surface area contributed by atoms with E-state index < -0.39 is 28.7 Å². The number of halogens is 4. The maximum absolute atomic E-state index is 12.9. The van der Waals surface area contributed by atoms with Gasteiger partial charge < -0.3 is 16.0 Å². The molecule has 0 aliphatic heterocycles. The summed E-state index contributed by atoms with van der Waals surface area (Å²) in [4.78, 5) is 34.9.